The highest BCUT2D eigenvalue weighted by Crippen LogP contribution is 2.46. The van der Waals surface area contributed by atoms with Crippen LogP contribution in [0.25, 0.3) is 0 Å². The lowest BCUT2D eigenvalue weighted by Gasteiger charge is -2.20. The summed E-state index contributed by atoms with van der Waals surface area (Å²) in [5.41, 5.74) is 1.34. The number of carbonyl (C=O) groups is 1. The van der Waals surface area contributed by atoms with E-state index in [1.807, 2.05) is 42.5 Å². The molecule has 0 amide bonds. The SMILES string of the molecule is O=C(O)c1cnc(N2C[C@@H]3C(NCc4ccc(Oc5ccccc5)cc4)[C@@H]3C2)nc1. The van der Waals surface area contributed by atoms with E-state index < -0.39 is 5.97 Å². The smallest absolute Gasteiger partial charge is 0.338 e. The van der Waals surface area contributed by atoms with Gasteiger partial charge in [-0.2, -0.15) is 0 Å². The van der Waals surface area contributed by atoms with Gasteiger partial charge in [-0.1, -0.05) is 30.3 Å². The third kappa shape index (κ3) is 3.84. The van der Waals surface area contributed by atoms with Gasteiger partial charge in [0.25, 0.3) is 0 Å². The van der Waals surface area contributed by atoms with Crippen LogP contribution >= 0.6 is 0 Å². The molecule has 2 aliphatic rings. The highest BCUT2D eigenvalue weighted by molar-refractivity contribution is 5.86. The average molecular weight is 402 g/mol. The number of rotatable bonds is 7. The first-order valence-electron chi connectivity index (χ1n) is 10.0. The molecule has 0 spiro atoms. The lowest BCUT2D eigenvalue weighted by Crippen LogP contribution is -2.32. The first-order chi connectivity index (χ1) is 14.7. The van der Waals surface area contributed by atoms with Crippen molar-refractivity contribution in [2.45, 2.75) is 12.6 Å². The zero-order valence-electron chi connectivity index (χ0n) is 16.3. The molecule has 3 aromatic rings. The number of benzene rings is 2. The summed E-state index contributed by atoms with van der Waals surface area (Å²) in [6.07, 6.45) is 2.74. The molecule has 1 aromatic heterocycles. The van der Waals surface area contributed by atoms with Crippen LogP contribution in [0.2, 0.25) is 0 Å². The number of para-hydroxylation sites is 1. The van der Waals surface area contributed by atoms with E-state index in [4.69, 9.17) is 9.84 Å². The molecule has 2 fully saturated rings. The number of anilines is 1. The van der Waals surface area contributed by atoms with E-state index in [9.17, 15) is 4.79 Å². The van der Waals surface area contributed by atoms with E-state index in [1.165, 1.54) is 18.0 Å². The summed E-state index contributed by atoms with van der Waals surface area (Å²) in [5.74, 6) is 2.45. The summed E-state index contributed by atoms with van der Waals surface area (Å²) >= 11 is 0. The highest BCUT2D eigenvalue weighted by atomic mass is 16.5. The minimum absolute atomic E-state index is 0.114. The van der Waals surface area contributed by atoms with Crippen LogP contribution in [0.15, 0.2) is 67.0 Å². The molecule has 3 atom stereocenters. The van der Waals surface area contributed by atoms with Crippen LogP contribution in [-0.2, 0) is 6.54 Å². The molecule has 2 aromatic carbocycles. The average Bonchev–Trinajstić information content (AvgIpc) is 3.22. The lowest BCUT2D eigenvalue weighted by atomic mass is 10.2. The van der Waals surface area contributed by atoms with E-state index in [0.717, 1.165) is 31.1 Å². The molecule has 7 nitrogen and oxygen atoms in total. The number of hydrogen-bond acceptors (Lipinski definition) is 6. The summed E-state index contributed by atoms with van der Waals surface area (Å²) in [7, 11) is 0. The van der Waals surface area contributed by atoms with E-state index in [0.29, 0.717) is 23.8 Å². The molecule has 152 valence electrons. The van der Waals surface area contributed by atoms with Gasteiger partial charge in [0.2, 0.25) is 5.95 Å². The van der Waals surface area contributed by atoms with E-state index in [-0.39, 0.29) is 5.56 Å². The summed E-state index contributed by atoms with van der Waals surface area (Å²) in [6.45, 7) is 2.63. The van der Waals surface area contributed by atoms with Gasteiger partial charge in [0, 0.05) is 38.1 Å². The summed E-state index contributed by atoms with van der Waals surface area (Å²) in [5, 5.41) is 12.6. The third-order valence-electron chi connectivity index (χ3n) is 5.81. The minimum atomic E-state index is -1.00. The Balaban J connectivity index is 1.10. The maximum Gasteiger partial charge on any atom is 0.338 e. The summed E-state index contributed by atoms with van der Waals surface area (Å²) in [4.78, 5) is 21.4. The van der Waals surface area contributed by atoms with Crippen LogP contribution in [0.4, 0.5) is 5.95 Å². The van der Waals surface area contributed by atoms with Gasteiger partial charge in [-0.3, -0.25) is 0 Å². The van der Waals surface area contributed by atoms with E-state index >= 15 is 0 Å². The van der Waals surface area contributed by atoms with Crippen LogP contribution in [0, 0.1) is 11.8 Å². The summed E-state index contributed by atoms with van der Waals surface area (Å²) < 4.78 is 5.84. The van der Waals surface area contributed by atoms with E-state index in [1.54, 1.807) is 0 Å². The van der Waals surface area contributed by atoms with Gasteiger partial charge in [0.15, 0.2) is 0 Å². The molecule has 0 bridgehead atoms. The monoisotopic (exact) mass is 402 g/mol. The second-order valence-corrected chi connectivity index (χ2v) is 7.78. The maximum absolute atomic E-state index is 10.9. The Morgan fingerprint density at radius 2 is 1.63 bits per heavy atom. The molecule has 1 saturated carbocycles. The molecular formula is C23H22N4O3. The van der Waals surface area contributed by atoms with Crippen molar-refractivity contribution in [3.8, 4) is 11.5 Å². The first kappa shape index (κ1) is 18.6. The third-order valence-corrected chi connectivity index (χ3v) is 5.81. The van der Waals surface area contributed by atoms with Gasteiger partial charge in [-0.15, -0.1) is 0 Å². The van der Waals surface area contributed by atoms with Crippen molar-refractivity contribution < 1.29 is 14.6 Å². The fourth-order valence-corrected chi connectivity index (χ4v) is 4.12. The molecule has 1 aliphatic heterocycles. The number of hydrogen-bond donors (Lipinski definition) is 2. The number of carboxylic acids is 1. The van der Waals surface area contributed by atoms with Crippen LogP contribution in [0.3, 0.4) is 0 Å². The van der Waals surface area contributed by atoms with Crippen molar-refractivity contribution in [3.05, 3.63) is 78.1 Å². The summed E-state index contributed by atoms with van der Waals surface area (Å²) in [6, 6.07) is 18.5. The van der Waals surface area contributed by atoms with Gasteiger partial charge in [0.05, 0.1) is 5.56 Å². The van der Waals surface area contributed by atoms with Crippen molar-refractivity contribution in [1.29, 1.82) is 0 Å². The van der Waals surface area contributed by atoms with Crippen LogP contribution < -0.4 is 15.0 Å². The number of aromatic nitrogens is 2. The van der Waals surface area contributed by atoms with Crippen molar-refractivity contribution >= 4 is 11.9 Å². The predicted molar refractivity (Wildman–Crippen MR) is 112 cm³/mol. The lowest BCUT2D eigenvalue weighted by molar-refractivity contribution is 0.0696. The van der Waals surface area contributed by atoms with Crippen molar-refractivity contribution in [1.82, 2.24) is 15.3 Å². The van der Waals surface area contributed by atoms with Crippen molar-refractivity contribution in [2.24, 2.45) is 11.8 Å². The quantitative estimate of drug-likeness (QED) is 0.627. The number of nitrogens with zero attached hydrogens (tertiary/aromatic N) is 3. The molecule has 1 unspecified atom stereocenters. The minimum Gasteiger partial charge on any atom is -0.478 e. The predicted octanol–water partition coefficient (Wildman–Crippen LogP) is 3.19. The molecule has 5 rings (SSSR count). The Morgan fingerprint density at radius 1 is 1.00 bits per heavy atom. The molecular weight excluding hydrogens is 380 g/mol. The number of fused-ring (bicyclic) bond motifs is 1. The maximum atomic E-state index is 10.9. The largest absolute Gasteiger partial charge is 0.478 e. The Labute approximate surface area is 174 Å². The molecule has 0 radical (unpaired) electrons. The van der Waals surface area contributed by atoms with E-state index in [2.05, 4.69) is 32.3 Å². The topological polar surface area (TPSA) is 87.6 Å². The molecule has 1 aliphatic carbocycles. The first-order valence-corrected chi connectivity index (χ1v) is 10.0. The molecule has 30 heavy (non-hydrogen) atoms. The fraction of sp³-hybridized carbons (Fsp3) is 0.261. The Kier molecular flexibility index (Phi) is 4.80. The standard InChI is InChI=1S/C23H22N4O3/c28-22(29)16-11-25-23(26-12-16)27-13-19-20(14-27)21(19)24-10-15-6-8-18(9-7-15)30-17-4-2-1-3-5-17/h1-9,11-12,19-21,24H,10,13-14H2,(H,28,29)/t19-,20+,21?. The van der Waals surface area contributed by atoms with Gasteiger partial charge in [0.1, 0.15) is 11.5 Å². The number of nitrogens with one attached hydrogen (secondary N) is 1. The Bertz CT molecular complexity index is 1010. The van der Waals surface area contributed by atoms with Crippen LogP contribution in [0.1, 0.15) is 15.9 Å². The molecule has 2 heterocycles. The molecule has 7 heteroatoms. The van der Waals surface area contributed by atoms with Crippen molar-refractivity contribution in [3.63, 3.8) is 0 Å². The second kappa shape index (κ2) is 7.76. The second-order valence-electron chi connectivity index (χ2n) is 7.78. The Hall–Kier alpha value is -3.45. The number of ether oxygens (including phenoxy) is 1. The van der Waals surface area contributed by atoms with Crippen LogP contribution in [-0.4, -0.2) is 40.2 Å². The van der Waals surface area contributed by atoms with Gasteiger partial charge >= 0.3 is 5.97 Å². The molecule has 1 saturated heterocycles. The number of carboxylic acid groups (broad SMARTS) is 1. The van der Waals surface area contributed by atoms with Crippen molar-refractivity contribution in [2.75, 3.05) is 18.0 Å². The zero-order chi connectivity index (χ0) is 20.5. The number of aromatic carboxylic acids is 1. The van der Waals surface area contributed by atoms with Gasteiger partial charge < -0.3 is 20.1 Å². The number of piperidine rings is 1. The molecule has 2 N–H and O–H groups in total. The van der Waals surface area contributed by atoms with Gasteiger partial charge in [-0.05, 0) is 41.7 Å². The Morgan fingerprint density at radius 3 is 2.27 bits per heavy atom. The van der Waals surface area contributed by atoms with Gasteiger partial charge in [-0.25, -0.2) is 14.8 Å². The van der Waals surface area contributed by atoms with Crippen LogP contribution in [0.5, 0.6) is 11.5 Å². The fourth-order valence-electron chi connectivity index (χ4n) is 4.12. The normalized spacial score (nSPS) is 21.9. The zero-order valence-corrected chi connectivity index (χ0v) is 16.3. The highest BCUT2D eigenvalue weighted by Gasteiger charge is 2.55.